The molecule has 0 amide bonds. The highest BCUT2D eigenvalue weighted by Crippen LogP contribution is 2.30. The van der Waals surface area contributed by atoms with Gasteiger partial charge in [-0.2, -0.15) is 0 Å². The number of anilines is 1. The van der Waals surface area contributed by atoms with Crippen LogP contribution in [-0.4, -0.2) is 40.2 Å². The number of carboxylic acids is 1. The summed E-state index contributed by atoms with van der Waals surface area (Å²) in [6.07, 6.45) is 6.31. The van der Waals surface area contributed by atoms with Crippen molar-refractivity contribution in [3.8, 4) is 0 Å². The van der Waals surface area contributed by atoms with E-state index in [1.54, 1.807) is 6.92 Å². The summed E-state index contributed by atoms with van der Waals surface area (Å²) in [6.45, 7) is 2.48. The Balaban J connectivity index is 2.04. The van der Waals surface area contributed by atoms with Gasteiger partial charge < -0.3 is 15.2 Å². The summed E-state index contributed by atoms with van der Waals surface area (Å²) >= 11 is 0. The second-order valence-corrected chi connectivity index (χ2v) is 5.38. The Labute approximate surface area is 129 Å². The second kappa shape index (κ2) is 7.72. The van der Waals surface area contributed by atoms with Crippen LogP contribution in [0.1, 0.15) is 43.0 Å². The summed E-state index contributed by atoms with van der Waals surface area (Å²) in [4.78, 5) is 31.1. The van der Waals surface area contributed by atoms with Crippen molar-refractivity contribution in [2.75, 3.05) is 18.5 Å². The van der Waals surface area contributed by atoms with Crippen LogP contribution in [0.3, 0.4) is 0 Å². The lowest BCUT2D eigenvalue weighted by Crippen LogP contribution is -2.32. The number of aliphatic carboxylic acids is 1. The molecular weight excluding hydrogens is 286 g/mol. The minimum Gasteiger partial charge on any atom is -0.481 e. The Hall–Kier alpha value is -2.18. The molecule has 2 atom stereocenters. The first-order valence-electron chi connectivity index (χ1n) is 7.57. The van der Waals surface area contributed by atoms with E-state index in [1.165, 1.54) is 12.5 Å². The van der Waals surface area contributed by atoms with Gasteiger partial charge in [0.2, 0.25) is 0 Å². The van der Waals surface area contributed by atoms with Crippen LogP contribution in [0.5, 0.6) is 0 Å². The van der Waals surface area contributed by atoms with Crippen molar-refractivity contribution in [2.24, 2.45) is 11.8 Å². The lowest BCUT2D eigenvalue weighted by atomic mass is 9.79. The molecule has 7 nitrogen and oxygen atoms in total. The highest BCUT2D eigenvalue weighted by atomic mass is 16.5. The number of carbonyl (C=O) groups is 2. The van der Waals surface area contributed by atoms with Crippen LogP contribution in [0.4, 0.5) is 5.82 Å². The van der Waals surface area contributed by atoms with Crippen LogP contribution in [0.2, 0.25) is 0 Å². The van der Waals surface area contributed by atoms with E-state index in [2.05, 4.69) is 15.3 Å². The van der Waals surface area contributed by atoms with Gasteiger partial charge in [0.05, 0.1) is 12.5 Å². The molecule has 2 rings (SSSR count). The standard InChI is InChI=1S/C15H21N3O4/c1-2-22-15(21)12-8-16-9-18-13(12)17-7-10-5-3-4-6-11(10)14(19)20/h8-11H,2-7H2,1H3,(H,19,20)(H,16,17,18)/t10-,11-/m0/s1. The predicted molar refractivity (Wildman–Crippen MR) is 79.6 cm³/mol. The molecule has 0 spiro atoms. The van der Waals surface area contributed by atoms with Crippen LogP contribution in [0.25, 0.3) is 0 Å². The third-order valence-corrected chi connectivity index (χ3v) is 3.97. The molecule has 7 heteroatoms. The molecule has 1 aliphatic carbocycles. The van der Waals surface area contributed by atoms with Crippen molar-refractivity contribution >= 4 is 17.8 Å². The summed E-state index contributed by atoms with van der Waals surface area (Å²) in [5, 5.41) is 12.4. The molecule has 1 saturated carbocycles. The van der Waals surface area contributed by atoms with E-state index in [9.17, 15) is 14.7 Å². The van der Waals surface area contributed by atoms with E-state index < -0.39 is 11.9 Å². The van der Waals surface area contributed by atoms with Crippen molar-refractivity contribution in [1.82, 2.24) is 9.97 Å². The van der Waals surface area contributed by atoms with E-state index in [-0.39, 0.29) is 24.0 Å². The highest BCUT2D eigenvalue weighted by Gasteiger charge is 2.30. The largest absolute Gasteiger partial charge is 0.481 e. The molecule has 120 valence electrons. The number of hydrogen-bond donors (Lipinski definition) is 2. The number of nitrogens with one attached hydrogen (secondary N) is 1. The quantitative estimate of drug-likeness (QED) is 0.774. The fourth-order valence-corrected chi connectivity index (χ4v) is 2.83. The Kier molecular flexibility index (Phi) is 5.68. The van der Waals surface area contributed by atoms with Crippen LogP contribution in [0, 0.1) is 11.8 Å². The molecule has 1 aromatic rings. The zero-order valence-electron chi connectivity index (χ0n) is 12.6. The Bertz CT molecular complexity index is 535. The van der Waals surface area contributed by atoms with Crippen molar-refractivity contribution < 1.29 is 19.4 Å². The number of nitrogens with zero attached hydrogens (tertiary/aromatic N) is 2. The Morgan fingerprint density at radius 3 is 2.91 bits per heavy atom. The van der Waals surface area contributed by atoms with Gasteiger partial charge in [0.15, 0.2) is 0 Å². The fraction of sp³-hybridized carbons (Fsp3) is 0.600. The van der Waals surface area contributed by atoms with Gasteiger partial charge in [0, 0.05) is 12.7 Å². The molecule has 1 aliphatic rings. The van der Waals surface area contributed by atoms with Crippen molar-refractivity contribution in [1.29, 1.82) is 0 Å². The third-order valence-electron chi connectivity index (χ3n) is 3.97. The Morgan fingerprint density at radius 2 is 2.18 bits per heavy atom. The van der Waals surface area contributed by atoms with Gasteiger partial charge >= 0.3 is 11.9 Å². The monoisotopic (exact) mass is 307 g/mol. The minimum absolute atomic E-state index is 0.0382. The summed E-state index contributed by atoms with van der Waals surface area (Å²) in [6, 6.07) is 0. The number of ether oxygens (including phenoxy) is 1. The molecule has 1 aromatic heterocycles. The van der Waals surface area contributed by atoms with Gasteiger partial charge in [-0.15, -0.1) is 0 Å². The number of aromatic nitrogens is 2. The lowest BCUT2D eigenvalue weighted by Gasteiger charge is -2.28. The van der Waals surface area contributed by atoms with Crippen LogP contribution in [-0.2, 0) is 9.53 Å². The third kappa shape index (κ3) is 3.93. The zero-order chi connectivity index (χ0) is 15.9. The first kappa shape index (κ1) is 16.2. The van der Waals surface area contributed by atoms with Gasteiger partial charge in [-0.05, 0) is 25.7 Å². The van der Waals surface area contributed by atoms with Crippen LogP contribution < -0.4 is 5.32 Å². The predicted octanol–water partition coefficient (Wildman–Crippen LogP) is 1.96. The number of carbonyl (C=O) groups excluding carboxylic acids is 1. The van der Waals surface area contributed by atoms with Gasteiger partial charge in [-0.3, -0.25) is 4.79 Å². The topological polar surface area (TPSA) is 101 Å². The van der Waals surface area contributed by atoms with E-state index >= 15 is 0 Å². The summed E-state index contributed by atoms with van der Waals surface area (Å²) < 4.78 is 4.97. The van der Waals surface area contributed by atoms with Gasteiger partial charge in [0.1, 0.15) is 17.7 Å². The molecule has 2 N–H and O–H groups in total. The van der Waals surface area contributed by atoms with Crippen molar-refractivity contribution in [2.45, 2.75) is 32.6 Å². The van der Waals surface area contributed by atoms with E-state index in [4.69, 9.17) is 4.74 Å². The summed E-state index contributed by atoms with van der Waals surface area (Å²) in [7, 11) is 0. The number of hydrogen-bond acceptors (Lipinski definition) is 6. The van der Waals surface area contributed by atoms with Crippen molar-refractivity contribution in [3.05, 3.63) is 18.1 Å². The lowest BCUT2D eigenvalue weighted by molar-refractivity contribution is -0.144. The number of carboxylic acid groups (broad SMARTS) is 1. The fourth-order valence-electron chi connectivity index (χ4n) is 2.83. The molecule has 0 bridgehead atoms. The molecular formula is C15H21N3O4. The molecule has 0 aliphatic heterocycles. The molecule has 22 heavy (non-hydrogen) atoms. The maximum Gasteiger partial charge on any atom is 0.343 e. The SMILES string of the molecule is CCOC(=O)c1cncnc1NC[C@@H]1CCCC[C@@H]1C(=O)O. The maximum absolute atomic E-state index is 11.9. The molecule has 0 radical (unpaired) electrons. The molecule has 0 unspecified atom stereocenters. The zero-order valence-corrected chi connectivity index (χ0v) is 12.6. The first-order valence-corrected chi connectivity index (χ1v) is 7.57. The molecule has 1 fully saturated rings. The minimum atomic E-state index is -0.750. The smallest absolute Gasteiger partial charge is 0.343 e. The van der Waals surface area contributed by atoms with Gasteiger partial charge in [-0.25, -0.2) is 14.8 Å². The average molecular weight is 307 g/mol. The molecule has 0 saturated heterocycles. The van der Waals surface area contributed by atoms with Crippen LogP contribution in [0.15, 0.2) is 12.5 Å². The van der Waals surface area contributed by atoms with Gasteiger partial charge in [-0.1, -0.05) is 12.8 Å². The highest BCUT2D eigenvalue weighted by molar-refractivity contribution is 5.94. The first-order chi connectivity index (χ1) is 10.6. The van der Waals surface area contributed by atoms with Gasteiger partial charge in [0.25, 0.3) is 0 Å². The Morgan fingerprint density at radius 1 is 1.41 bits per heavy atom. The number of rotatable bonds is 6. The van der Waals surface area contributed by atoms with Crippen LogP contribution >= 0.6 is 0 Å². The van der Waals surface area contributed by atoms with E-state index in [0.717, 1.165) is 19.3 Å². The molecule has 1 heterocycles. The summed E-state index contributed by atoms with van der Waals surface area (Å²) in [5.74, 6) is -1.14. The molecule has 0 aromatic carbocycles. The van der Waals surface area contributed by atoms with Crippen molar-refractivity contribution in [3.63, 3.8) is 0 Å². The number of esters is 1. The van der Waals surface area contributed by atoms with E-state index in [1.807, 2.05) is 0 Å². The second-order valence-electron chi connectivity index (χ2n) is 5.38. The average Bonchev–Trinajstić information content (AvgIpc) is 2.53. The maximum atomic E-state index is 11.9. The normalized spacial score (nSPS) is 21.1. The summed E-state index contributed by atoms with van der Waals surface area (Å²) in [5.41, 5.74) is 0.270. The van der Waals surface area contributed by atoms with E-state index in [0.29, 0.717) is 18.8 Å².